The van der Waals surface area contributed by atoms with Gasteiger partial charge in [0.15, 0.2) is 0 Å². The van der Waals surface area contributed by atoms with Crippen LogP contribution in [0.1, 0.15) is 91.7 Å². The average Bonchev–Trinajstić information content (AvgIpc) is 3.84. The normalized spacial score (nSPS) is 15.1. The maximum Gasteiger partial charge on any atom is 0.0742 e. The second-order valence-electron chi connectivity index (χ2n) is 22.0. The Labute approximate surface area is 441 Å². The molecule has 2 heteroatoms. The molecule has 2 nitrogen and oxygen atoms in total. The van der Waals surface area contributed by atoms with Crippen LogP contribution in [0.3, 0.4) is 0 Å². The predicted molar refractivity (Wildman–Crippen MR) is 314 cm³/mol. The zero-order valence-electron chi connectivity index (χ0n) is 43.5. The monoisotopic (exact) mass is 962 g/mol. The van der Waals surface area contributed by atoms with Crippen LogP contribution in [0.15, 0.2) is 243 Å². The van der Waals surface area contributed by atoms with Gasteiger partial charge in [0.2, 0.25) is 0 Å². The lowest BCUT2D eigenvalue weighted by Crippen LogP contribution is -2.38. The quantitative estimate of drug-likeness (QED) is 0.164. The van der Waals surface area contributed by atoms with Crippen LogP contribution in [0, 0.1) is 27.7 Å². The van der Waals surface area contributed by atoms with E-state index in [1.54, 1.807) is 0 Å². The Hall–Kier alpha value is -8.72. The van der Waals surface area contributed by atoms with Crippen LogP contribution < -0.4 is 9.80 Å². The molecule has 11 aromatic carbocycles. The highest BCUT2D eigenvalue weighted by Crippen LogP contribution is 2.62. The van der Waals surface area contributed by atoms with Gasteiger partial charge in [0.25, 0.3) is 0 Å². The molecule has 2 heterocycles. The number of fused-ring (bicyclic) bond motifs is 8. The second-order valence-corrected chi connectivity index (χ2v) is 22.0. The Morgan fingerprint density at radius 2 is 0.613 bits per heavy atom. The first-order valence-electron chi connectivity index (χ1n) is 26.6. The van der Waals surface area contributed by atoms with Crippen molar-refractivity contribution < 1.29 is 0 Å². The summed E-state index contributed by atoms with van der Waals surface area (Å²) in [6.45, 7) is 13.5. The van der Waals surface area contributed by atoms with Gasteiger partial charge in [-0.05, 0) is 160 Å². The van der Waals surface area contributed by atoms with E-state index in [2.05, 4.69) is 294 Å². The first-order valence-corrected chi connectivity index (χ1v) is 26.6. The molecule has 0 aromatic heterocycles. The maximum atomic E-state index is 2.56. The van der Waals surface area contributed by atoms with Crippen LogP contribution in [-0.4, -0.2) is 0 Å². The average molecular weight is 963 g/mol. The fourth-order valence-corrected chi connectivity index (χ4v) is 13.6. The molecule has 14 rings (SSSR count). The molecular weight excluding hydrogens is 905 g/mol. The van der Waals surface area contributed by atoms with Crippen LogP contribution in [0.4, 0.5) is 34.1 Å². The minimum atomic E-state index is -0.607. The van der Waals surface area contributed by atoms with Crippen molar-refractivity contribution in [2.45, 2.75) is 57.8 Å². The van der Waals surface area contributed by atoms with Crippen molar-refractivity contribution in [1.82, 2.24) is 0 Å². The highest BCUT2D eigenvalue weighted by atomic mass is 15.2. The van der Waals surface area contributed by atoms with E-state index in [-0.39, 0.29) is 5.41 Å². The molecule has 0 amide bonds. The third kappa shape index (κ3) is 6.45. The van der Waals surface area contributed by atoms with Gasteiger partial charge < -0.3 is 9.80 Å². The molecule has 0 unspecified atom stereocenters. The fraction of sp³-hybridized carbons (Fsp3) is 0.123. The van der Waals surface area contributed by atoms with Crippen molar-refractivity contribution in [3.05, 3.63) is 321 Å². The number of hydrogen-bond acceptors (Lipinski definition) is 2. The Morgan fingerprint density at radius 3 is 1.03 bits per heavy atom. The molecule has 0 saturated carbocycles. The van der Waals surface area contributed by atoms with Gasteiger partial charge >= 0.3 is 0 Å². The van der Waals surface area contributed by atoms with Gasteiger partial charge in [0, 0.05) is 16.8 Å². The van der Waals surface area contributed by atoms with E-state index in [1.807, 2.05) is 0 Å². The van der Waals surface area contributed by atoms with Crippen molar-refractivity contribution in [2.75, 3.05) is 9.80 Å². The molecule has 11 aromatic rings. The molecule has 1 aliphatic carbocycles. The zero-order chi connectivity index (χ0) is 50.8. The molecule has 0 saturated heterocycles. The molecular formula is C73H58N2. The predicted octanol–water partition coefficient (Wildman–Crippen LogP) is 18.7. The standard InChI is InChI=1S/C73H58N2/c1-47-23-33-53(34-24-47)72(54-35-25-48(2)26-36-54)62-17-9-12-20-67(62)74(68-21-13-10-18-63(68)72)57-41-31-52-44-58(42-32-51(52)43-57)75-69-22-14-11-19-64(69)73(55-37-27-49(3)28-38-55,56-39-29-50(4)30-40-56)66-45-60-59-15-7-8-16-61(59)71(5,6)65(60)46-70(66)75/h7-46H,1-6H3. The lowest BCUT2D eigenvalue weighted by molar-refractivity contribution is 0.658. The van der Waals surface area contributed by atoms with E-state index in [0.717, 1.165) is 11.4 Å². The van der Waals surface area contributed by atoms with E-state index < -0.39 is 10.8 Å². The third-order valence-corrected chi connectivity index (χ3v) is 17.3. The number of para-hydroxylation sites is 3. The Bertz CT molecular complexity index is 3920. The zero-order valence-corrected chi connectivity index (χ0v) is 43.5. The van der Waals surface area contributed by atoms with Gasteiger partial charge in [-0.15, -0.1) is 0 Å². The summed E-state index contributed by atoms with van der Waals surface area (Å²) in [5, 5.41) is 2.37. The van der Waals surface area contributed by atoms with Crippen molar-refractivity contribution >= 4 is 44.9 Å². The number of nitrogens with zero attached hydrogens (tertiary/aromatic N) is 2. The van der Waals surface area contributed by atoms with Crippen molar-refractivity contribution in [2.24, 2.45) is 0 Å². The van der Waals surface area contributed by atoms with Gasteiger partial charge in [0.05, 0.1) is 33.6 Å². The molecule has 75 heavy (non-hydrogen) atoms. The van der Waals surface area contributed by atoms with Crippen LogP contribution in [0.2, 0.25) is 0 Å². The van der Waals surface area contributed by atoms with Gasteiger partial charge in [-0.1, -0.05) is 224 Å². The number of rotatable bonds is 6. The third-order valence-electron chi connectivity index (χ3n) is 17.3. The van der Waals surface area contributed by atoms with E-state index in [9.17, 15) is 0 Å². The van der Waals surface area contributed by atoms with E-state index in [0.29, 0.717) is 0 Å². The summed E-state index contributed by atoms with van der Waals surface area (Å²) in [5.41, 5.74) is 26.2. The van der Waals surface area contributed by atoms with Crippen LogP contribution >= 0.6 is 0 Å². The highest BCUT2D eigenvalue weighted by Gasteiger charge is 2.50. The summed E-state index contributed by atoms with van der Waals surface area (Å²) in [5.74, 6) is 0. The summed E-state index contributed by atoms with van der Waals surface area (Å²) >= 11 is 0. The van der Waals surface area contributed by atoms with Gasteiger partial charge in [-0.3, -0.25) is 0 Å². The van der Waals surface area contributed by atoms with Gasteiger partial charge in [0.1, 0.15) is 0 Å². The van der Waals surface area contributed by atoms with Gasteiger partial charge in [-0.2, -0.15) is 0 Å². The Morgan fingerprint density at radius 1 is 0.267 bits per heavy atom. The molecule has 0 atom stereocenters. The maximum absolute atomic E-state index is 2.56. The molecule has 2 aliphatic heterocycles. The summed E-state index contributed by atoms with van der Waals surface area (Å²) in [6, 6.07) is 92.6. The molecule has 0 radical (unpaired) electrons. The number of aryl methyl sites for hydroxylation is 4. The summed E-state index contributed by atoms with van der Waals surface area (Å²) in [6.07, 6.45) is 0. The lowest BCUT2D eigenvalue weighted by atomic mass is 9.61. The lowest BCUT2D eigenvalue weighted by Gasteiger charge is -2.47. The molecule has 0 spiro atoms. The largest absolute Gasteiger partial charge is 0.310 e. The minimum absolute atomic E-state index is 0.189. The Kier molecular flexibility index (Phi) is 9.98. The molecule has 0 N–H and O–H groups in total. The number of hydrogen-bond donors (Lipinski definition) is 0. The van der Waals surface area contributed by atoms with Gasteiger partial charge in [-0.25, -0.2) is 0 Å². The molecule has 360 valence electrons. The summed E-state index contributed by atoms with van der Waals surface area (Å²) in [7, 11) is 0. The summed E-state index contributed by atoms with van der Waals surface area (Å²) < 4.78 is 0. The first kappa shape index (κ1) is 44.9. The molecule has 3 aliphatic rings. The van der Waals surface area contributed by atoms with Crippen molar-refractivity contribution in [3.8, 4) is 11.1 Å². The van der Waals surface area contributed by atoms with E-state index in [4.69, 9.17) is 0 Å². The van der Waals surface area contributed by atoms with Crippen LogP contribution in [0.25, 0.3) is 21.9 Å². The smallest absolute Gasteiger partial charge is 0.0742 e. The van der Waals surface area contributed by atoms with Crippen molar-refractivity contribution in [3.63, 3.8) is 0 Å². The summed E-state index contributed by atoms with van der Waals surface area (Å²) in [4.78, 5) is 5.05. The molecule has 0 fully saturated rings. The number of anilines is 6. The van der Waals surface area contributed by atoms with Crippen LogP contribution in [-0.2, 0) is 16.2 Å². The number of benzene rings is 11. The molecule has 0 bridgehead atoms. The van der Waals surface area contributed by atoms with Crippen molar-refractivity contribution in [1.29, 1.82) is 0 Å². The second kappa shape index (κ2) is 16.6. The van der Waals surface area contributed by atoms with E-state index >= 15 is 0 Å². The SMILES string of the molecule is Cc1ccc(C2(c3ccc(C)cc3)c3ccccc3N(c3ccc4cc(N5c6ccccc6C(c6ccc(C)cc6)(c6ccc(C)cc6)c6cc7c(cc65)C(C)(C)c5ccccc5-7)ccc4c3)c3ccccc32)cc1. The Balaban J connectivity index is 0.965. The van der Waals surface area contributed by atoms with E-state index in [1.165, 1.54) is 123 Å². The minimum Gasteiger partial charge on any atom is -0.310 e. The van der Waals surface area contributed by atoms with Crippen LogP contribution in [0.5, 0.6) is 0 Å². The first-order chi connectivity index (χ1) is 36.6. The highest BCUT2D eigenvalue weighted by molar-refractivity contribution is 5.99. The topological polar surface area (TPSA) is 6.48 Å². The fourth-order valence-electron chi connectivity index (χ4n) is 13.6.